The van der Waals surface area contributed by atoms with E-state index in [4.69, 9.17) is 0 Å². The van der Waals surface area contributed by atoms with E-state index in [1.54, 1.807) is 0 Å². The molecule has 2 fully saturated rings. The van der Waals surface area contributed by atoms with Crippen LogP contribution in [0.3, 0.4) is 0 Å². The molecule has 0 radical (unpaired) electrons. The number of nitrogens with one attached hydrogen (secondary N) is 1. The predicted molar refractivity (Wildman–Crippen MR) is 83.6 cm³/mol. The molecular weight excluding hydrogens is 248 g/mol. The van der Waals surface area contributed by atoms with Crippen LogP contribution in [0.25, 0.3) is 0 Å². The largest absolute Gasteiger partial charge is 0.353 e. The van der Waals surface area contributed by atoms with Gasteiger partial charge in [-0.1, -0.05) is 33.6 Å². The number of nitrogens with zero attached hydrogens (tertiary/aromatic N) is 1. The molecule has 1 saturated carbocycles. The maximum Gasteiger partial charge on any atom is 0.222 e. The van der Waals surface area contributed by atoms with Gasteiger partial charge in [0.15, 0.2) is 0 Å². The fourth-order valence-corrected chi connectivity index (χ4v) is 3.50. The minimum atomic E-state index is 0.109. The van der Waals surface area contributed by atoms with Crippen molar-refractivity contribution in [3.05, 3.63) is 0 Å². The van der Waals surface area contributed by atoms with Crippen molar-refractivity contribution >= 4 is 5.91 Å². The van der Waals surface area contributed by atoms with Gasteiger partial charge in [0.2, 0.25) is 5.91 Å². The summed E-state index contributed by atoms with van der Waals surface area (Å²) in [6.45, 7) is 9.93. The van der Waals surface area contributed by atoms with Crippen LogP contribution in [0.1, 0.15) is 59.3 Å². The molecule has 1 saturated heterocycles. The normalized spacial score (nSPS) is 29.6. The Balaban J connectivity index is 1.65. The van der Waals surface area contributed by atoms with Crippen molar-refractivity contribution in [2.45, 2.75) is 65.3 Å². The zero-order valence-corrected chi connectivity index (χ0v) is 13.5. The van der Waals surface area contributed by atoms with E-state index in [1.807, 2.05) is 13.8 Å². The molecule has 1 aliphatic carbocycles. The zero-order valence-electron chi connectivity index (χ0n) is 13.5. The van der Waals surface area contributed by atoms with E-state index in [2.05, 4.69) is 17.1 Å². The van der Waals surface area contributed by atoms with Crippen molar-refractivity contribution in [2.24, 2.45) is 17.8 Å². The predicted octanol–water partition coefficient (Wildman–Crippen LogP) is 3.05. The van der Waals surface area contributed by atoms with Gasteiger partial charge < -0.3 is 10.2 Å². The van der Waals surface area contributed by atoms with Gasteiger partial charge in [-0.3, -0.25) is 4.79 Å². The standard InChI is InChI=1S/C17H32N2O/c1-13(2)17(20)18-16-8-10-19(11-9-16)12-15-6-4-14(3)5-7-15/h13-16H,4-12H2,1-3H3,(H,18,20). The molecule has 0 aromatic rings. The highest BCUT2D eigenvalue weighted by atomic mass is 16.1. The number of carbonyl (C=O) groups is 1. The first-order valence-electron chi connectivity index (χ1n) is 8.57. The fraction of sp³-hybridized carbons (Fsp3) is 0.941. The minimum absolute atomic E-state index is 0.109. The molecule has 1 heterocycles. The van der Waals surface area contributed by atoms with Crippen molar-refractivity contribution in [3.8, 4) is 0 Å². The fourth-order valence-electron chi connectivity index (χ4n) is 3.50. The molecule has 3 heteroatoms. The number of piperidine rings is 1. The summed E-state index contributed by atoms with van der Waals surface area (Å²) < 4.78 is 0. The molecule has 0 atom stereocenters. The van der Waals surface area contributed by atoms with E-state index in [9.17, 15) is 4.79 Å². The van der Waals surface area contributed by atoms with E-state index < -0.39 is 0 Å². The van der Waals surface area contributed by atoms with Gasteiger partial charge in [0.05, 0.1) is 0 Å². The van der Waals surface area contributed by atoms with Gasteiger partial charge >= 0.3 is 0 Å². The Labute approximate surface area is 124 Å². The maximum atomic E-state index is 11.7. The second-order valence-electron chi connectivity index (χ2n) is 7.36. The molecule has 2 aliphatic rings. The molecule has 2 rings (SSSR count). The Kier molecular flexibility index (Phi) is 5.88. The summed E-state index contributed by atoms with van der Waals surface area (Å²) in [6, 6.07) is 0.410. The molecule has 0 spiro atoms. The van der Waals surface area contributed by atoms with Crippen LogP contribution >= 0.6 is 0 Å². The molecule has 0 bridgehead atoms. The van der Waals surface area contributed by atoms with E-state index >= 15 is 0 Å². The first kappa shape index (κ1) is 15.8. The Bertz CT molecular complexity index is 300. The van der Waals surface area contributed by atoms with Crippen LogP contribution in [-0.4, -0.2) is 36.5 Å². The van der Waals surface area contributed by atoms with Crippen LogP contribution in [0.2, 0.25) is 0 Å². The average Bonchev–Trinajstić information content (AvgIpc) is 2.43. The maximum absolute atomic E-state index is 11.7. The van der Waals surface area contributed by atoms with E-state index in [0.29, 0.717) is 6.04 Å². The van der Waals surface area contributed by atoms with Crippen molar-refractivity contribution in [3.63, 3.8) is 0 Å². The van der Waals surface area contributed by atoms with Crippen LogP contribution in [0.15, 0.2) is 0 Å². The molecule has 20 heavy (non-hydrogen) atoms. The van der Waals surface area contributed by atoms with Crippen molar-refractivity contribution in [1.29, 1.82) is 0 Å². The topological polar surface area (TPSA) is 32.3 Å². The van der Waals surface area contributed by atoms with Crippen molar-refractivity contribution in [2.75, 3.05) is 19.6 Å². The highest BCUT2D eigenvalue weighted by molar-refractivity contribution is 5.78. The number of likely N-dealkylation sites (tertiary alicyclic amines) is 1. The summed E-state index contributed by atoms with van der Waals surface area (Å²) in [7, 11) is 0. The SMILES string of the molecule is CC1CCC(CN2CCC(NC(=O)C(C)C)CC2)CC1. The lowest BCUT2D eigenvalue weighted by atomic mass is 9.82. The van der Waals surface area contributed by atoms with Crippen molar-refractivity contribution in [1.82, 2.24) is 10.2 Å². The summed E-state index contributed by atoms with van der Waals surface area (Å²) in [5.41, 5.74) is 0. The van der Waals surface area contributed by atoms with Gasteiger partial charge in [-0.15, -0.1) is 0 Å². The number of hydrogen-bond acceptors (Lipinski definition) is 2. The van der Waals surface area contributed by atoms with Gasteiger partial charge in [0.1, 0.15) is 0 Å². The summed E-state index contributed by atoms with van der Waals surface area (Å²) in [6.07, 6.45) is 7.94. The van der Waals surface area contributed by atoms with Gasteiger partial charge in [-0.05, 0) is 37.5 Å². The second-order valence-corrected chi connectivity index (χ2v) is 7.36. The lowest BCUT2D eigenvalue weighted by molar-refractivity contribution is -0.125. The monoisotopic (exact) mass is 280 g/mol. The van der Waals surface area contributed by atoms with Gasteiger partial charge in [0.25, 0.3) is 0 Å². The number of carbonyl (C=O) groups excluding carboxylic acids is 1. The summed E-state index contributed by atoms with van der Waals surface area (Å²) in [5, 5.41) is 3.18. The third kappa shape index (κ3) is 4.76. The van der Waals surface area contributed by atoms with Crippen molar-refractivity contribution < 1.29 is 4.79 Å². The molecule has 0 unspecified atom stereocenters. The molecule has 0 aromatic heterocycles. The molecular formula is C17H32N2O. The Morgan fingerprint density at radius 3 is 2.25 bits per heavy atom. The van der Waals surface area contributed by atoms with Gasteiger partial charge in [-0.25, -0.2) is 0 Å². The van der Waals surface area contributed by atoms with E-state index in [0.717, 1.165) is 37.8 Å². The van der Waals surface area contributed by atoms with Crippen LogP contribution in [0.4, 0.5) is 0 Å². The number of hydrogen-bond donors (Lipinski definition) is 1. The third-order valence-corrected chi connectivity index (χ3v) is 5.11. The highest BCUT2D eigenvalue weighted by Gasteiger charge is 2.25. The molecule has 0 aromatic carbocycles. The highest BCUT2D eigenvalue weighted by Crippen LogP contribution is 2.29. The molecule has 1 amide bonds. The zero-order chi connectivity index (χ0) is 14.5. The average molecular weight is 280 g/mol. The second kappa shape index (κ2) is 7.44. The van der Waals surface area contributed by atoms with E-state index in [1.165, 1.54) is 32.2 Å². The number of rotatable bonds is 4. The van der Waals surface area contributed by atoms with Gasteiger partial charge in [-0.2, -0.15) is 0 Å². The first-order valence-corrected chi connectivity index (χ1v) is 8.57. The van der Waals surface area contributed by atoms with Crippen LogP contribution in [-0.2, 0) is 4.79 Å². The quantitative estimate of drug-likeness (QED) is 0.858. The Hall–Kier alpha value is -0.570. The van der Waals surface area contributed by atoms with Crippen LogP contribution < -0.4 is 5.32 Å². The lowest BCUT2D eigenvalue weighted by Gasteiger charge is -2.36. The Morgan fingerprint density at radius 1 is 1.10 bits per heavy atom. The van der Waals surface area contributed by atoms with Gasteiger partial charge in [0, 0.05) is 31.6 Å². The smallest absolute Gasteiger partial charge is 0.222 e. The molecule has 1 N–H and O–H groups in total. The first-order chi connectivity index (χ1) is 9.54. The summed E-state index contributed by atoms with van der Waals surface area (Å²) >= 11 is 0. The number of amides is 1. The van der Waals surface area contributed by atoms with E-state index in [-0.39, 0.29) is 11.8 Å². The minimum Gasteiger partial charge on any atom is -0.353 e. The van der Waals surface area contributed by atoms with Crippen LogP contribution in [0, 0.1) is 17.8 Å². The third-order valence-electron chi connectivity index (χ3n) is 5.11. The summed E-state index contributed by atoms with van der Waals surface area (Å²) in [4.78, 5) is 14.3. The summed E-state index contributed by atoms with van der Waals surface area (Å²) in [5.74, 6) is 2.19. The van der Waals surface area contributed by atoms with Crippen LogP contribution in [0.5, 0.6) is 0 Å². The Morgan fingerprint density at radius 2 is 1.70 bits per heavy atom. The lowest BCUT2D eigenvalue weighted by Crippen LogP contribution is -2.46. The molecule has 3 nitrogen and oxygen atoms in total. The molecule has 1 aliphatic heterocycles. The molecule has 116 valence electrons.